The van der Waals surface area contributed by atoms with E-state index in [1.165, 1.54) is 19.2 Å². The van der Waals surface area contributed by atoms with Gasteiger partial charge in [0, 0.05) is 24.1 Å². The Kier molecular flexibility index (Phi) is 7.23. The molecule has 1 aliphatic heterocycles. The quantitative estimate of drug-likeness (QED) is 0.426. The van der Waals surface area contributed by atoms with E-state index in [1.54, 1.807) is 17.0 Å². The van der Waals surface area contributed by atoms with Crippen LogP contribution in [0.4, 0.5) is 19.3 Å². The average molecular weight is 528 g/mol. The topological polar surface area (TPSA) is 93.9 Å². The first-order valence-electron chi connectivity index (χ1n) is 12.9. The number of carboxylic acids is 1. The van der Waals surface area contributed by atoms with Crippen LogP contribution in [0, 0.1) is 5.92 Å². The van der Waals surface area contributed by atoms with Gasteiger partial charge in [0.2, 0.25) is 0 Å². The molecule has 38 heavy (non-hydrogen) atoms. The molecule has 5 rings (SSSR count). The first-order valence-corrected chi connectivity index (χ1v) is 12.9. The summed E-state index contributed by atoms with van der Waals surface area (Å²) in [5.41, 5.74) is 4.46. The third kappa shape index (κ3) is 4.91. The summed E-state index contributed by atoms with van der Waals surface area (Å²) in [4.78, 5) is 30.9. The minimum atomic E-state index is -2.88. The number of hydrogen-bond acceptors (Lipinski definition) is 5. The van der Waals surface area contributed by atoms with Gasteiger partial charge < -0.3 is 19.1 Å². The number of aliphatic carboxylic acids is 1. The summed E-state index contributed by atoms with van der Waals surface area (Å²) in [5, 5.41) is 9.48. The fourth-order valence-corrected chi connectivity index (χ4v) is 5.91. The number of ether oxygens (including phenoxy) is 2. The number of carbonyl (C=O) groups is 2. The molecule has 10 heteroatoms. The van der Waals surface area contributed by atoms with Gasteiger partial charge in [-0.2, -0.15) is 8.78 Å². The van der Waals surface area contributed by atoms with E-state index in [4.69, 9.17) is 9.72 Å². The zero-order chi connectivity index (χ0) is 27.0. The lowest BCUT2D eigenvalue weighted by atomic mass is 9.85. The predicted molar refractivity (Wildman–Crippen MR) is 137 cm³/mol. The third-order valence-electron chi connectivity index (χ3n) is 7.82. The zero-order valence-electron chi connectivity index (χ0n) is 21.4. The summed E-state index contributed by atoms with van der Waals surface area (Å²) in [6.07, 6.45) is 4.23. The van der Waals surface area contributed by atoms with Crippen molar-refractivity contribution in [1.29, 1.82) is 0 Å². The number of alkyl halides is 2. The first-order chi connectivity index (χ1) is 18.3. The van der Waals surface area contributed by atoms with E-state index in [0.717, 1.165) is 59.4 Å². The van der Waals surface area contributed by atoms with Crippen molar-refractivity contribution in [2.24, 2.45) is 5.92 Å². The second kappa shape index (κ2) is 10.6. The number of imidazole rings is 1. The van der Waals surface area contributed by atoms with Gasteiger partial charge in [0.1, 0.15) is 11.6 Å². The standard InChI is InChI=1S/C28H31F2N3O5/c1-16-3-12-21-22(32(16)28(36)37-2)13-14-23-25(21)31-24(15-17-4-10-20(11-5-17)38-27(29)30)33(23)19-8-6-18(7-9-19)26(34)35/h4-5,10-11,13-14,16,18-19,27H,3,6-9,12,15H2,1-2H3,(H,34,35)/t16-,18?,19?/m0/s1. The number of carboxylic acid groups (broad SMARTS) is 1. The van der Waals surface area contributed by atoms with Crippen molar-refractivity contribution in [3.8, 4) is 5.75 Å². The fraction of sp³-hybridized carbons (Fsp3) is 0.464. The van der Waals surface area contributed by atoms with Crippen LogP contribution in [-0.4, -0.2) is 46.5 Å². The van der Waals surface area contributed by atoms with Gasteiger partial charge in [-0.1, -0.05) is 12.1 Å². The molecule has 1 aromatic heterocycles. The van der Waals surface area contributed by atoms with Crippen LogP contribution >= 0.6 is 0 Å². The minimum absolute atomic E-state index is 0.00535. The summed E-state index contributed by atoms with van der Waals surface area (Å²) >= 11 is 0. The number of fused-ring (bicyclic) bond motifs is 3. The van der Waals surface area contributed by atoms with E-state index in [2.05, 4.69) is 9.30 Å². The molecule has 0 saturated heterocycles. The Morgan fingerprint density at radius 3 is 2.42 bits per heavy atom. The summed E-state index contributed by atoms with van der Waals surface area (Å²) in [7, 11) is 1.37. The Labute approximate surface area is 219 Å². The molecule has 0 spiro atoms. The monoisotopic (exact) mass is 527 g/mol. The summed E-state index contributed by atoms with van der Waals surface area (Å²) in [6, 6.07) is 10.6. The molecule has 1 fully saturated rings. The second-order valence-electron chi connectivity index (χ2n) is 10.1. The highest BCUT2D eigenvalue weighted by Gasteiger charge is 2.33. The molecular weight excluding hydrogens is 496 g/mol. The summed E-state index contributed by atoms with van der Waals surface area (Å²) in [6.45, 7) is -0.888. The Hall–Kier alpha value is -3.69. The van der Waals surface area contributed by atoms with E-state index in [1.807, 2.05) is 19.1 Å². The lowest BCUT2D eigenvalue weighted by Crippen LogP contribution is -2.42. The zero-order valence-corrected chi connectivity index (χ0v) is 21.4. The Balaban J connectivity index is 1.56. The van der Waals surface area contributed by atoms with Crippen LogP contribution in [0.25, 0.3) is 11.0 Å². The lowest BCUT2D eigenvalue weighted by Gasteiger charge is -2.34. The van der Waals surface area contributed by atoms with Crippen LogP contribution in [0.3, 0.4) is 0 Å². The number of amides is 1. The van der Waals surface area contributed by atoms with Gasteiger partial charge in [-0.3, -0.25) is 9.69 Å². The van der Waals surface area contributed by atoms with Crippen molar-refractivity contribution in [3.63, 3.8) is 0 Å². The van der Waals surface area contributed by atoms with E-state index >= 15 is 0 Å². The normalized spacial score (nSPS) is 21.4. The molecule has 2 heterocycles. The SMILES string of the molecule is COC(=O)N1c2ccc3c(nc(Cc4ccc(OC(F)F)cc4)n3C3CCC(C(=O)O)CC3)c2CC[C@@H]1C. The van der Waals surface area contributed by atoms with Crippen LogP contribution in [0.2, 0.25) is 0 Å². The molecule has 0 bridgehead atoms. The van der Waals surface area contributed by atoms with Gasteiger partial charge in [0.05, 0.1) is 29.7 Å². The molecule has 3 aromatic rings. The molecule has 1 N–H and O–H groups in total. The highest BCUT2D eigenvalue weighted by Crippen LogP contribution is 2.40. The molecule has 2 aliphatic rings. The molecule has 1 atom stereocenters. The Morgan fingerprint density at radius 2 is 1.79 bits per heavy atom. The van der Waals surface area contributed by atoms with Gasteiger partial charge in [-0.05, 0) is 75.3 Å². The van der Waals surface area contributed by atoms with Crippen molar-refractivity contribution in [1.82, 2.24) is 9.55 Å². The van der Waals surface area contributed by atoms with E-state index < -0.39 is 18.7 Å². The molecule has 0 unspecified atom stereocenters. The highest BCUT2D eigenvalue weighted by molar-refractivity contribution is 5.95. The van der Waals surface area contributed by atoms with Crippen molar-refractivity contribution in [2.45, 2.75) is 70.6 Å². The number of carbonyl (C=O) groups excluding carboxylic acids is 1. The van der Waals surface area contributed by atoms with Crippen LogP contribution in [0.5, 0.6) is 5.75 Å². The van der Waals surface area contributed by atoms with Crippen LogP contribution in [0.1, 0.15) is 62.0 Å². The van der Waals surface area contributed by atoms with Crippen molar-refractivity contribution in [2.75, 3.05) is 12.0 Å². The molecule has 1 aliphatic carbocycles. The maximum absolute atomic E-state index is 12.6. The minimum Gasteiger partial charge on any atom is -0.481 e. The number of methoxy groups -OCH3 is 1. The number of aromatic nitrogens is 2. The molecule has 2 aromatic carbocycles. The number of aryl methyl sites for hydroxylation is 1. The van der Waals surface area contributed by atoms with Crippen molar-refractivity contribution < 1.29 is 33.0 Å². The van der Waals surface area contributed by atoms with Gasteiger partial charge >= 0.3 is 18.7 Å². The van der Waals surface area contributed by atoms with E-state index in [9.17, 15) is 23.5 Å². The first kappa shape index (κ1) is 25.9. The molecule has 1 amide bonds. The molecule has 0 radical (unpaired) electrons. The molecule has 202 valence electrons. The second-order valence-corrected chi connectivity index (χ2v) is 10.1. The van der Waals surface area contributed by atoms with Crippen LogP contribution in [0.15, 0.2) is 36.4 Å². The number of rotatable bonds is 6. The Morgan fingerprint density at radius 1 is 1.08 bits per heavy atom. The lowest BCUT2D eigenvalue weighted by molar-refractivity contribution is -0.143. The maximum atomic E-state index is 12.6. The van der Waals surface area contributed by atoms with Crippen LogP contribution < -0.4 is 9.64 Å². The maximum Gasteiger partial charge on any atom is 0.414 e. The molecular formula is C28H31F2N3O5. The van der Waals surface area contributed by atoms with Gasteiger partial charge in [-0.15, -0.1) is 0 Å². The molecule has 1 saturated carbocycles. The van der Waals surface area contributed by atoms with Crippen molar-refractivity contribution >= 4 is 28.8 Å². The van der Waals surface area contributed by atoms with Gasteiger partial charge in [0.15, 0.2) is 0 Å². The van der Waals surface area contributed by atoms with Gasteiger partial charge in [-0.25, -0.2) is 9.78 Å². The number of hydrogen-bond donors (Lipinski definition) is 1. The summed E-state index contributed by atoms with van der Waals surface area (Å²) < 4.78 is 36.9. The Bertz CT molecular complexity index is 1330. The van der Waals surface area contributed by atoms with Crippen molar-refractivity contribution in [3.05, 3.63) is 53.3 Å². The number of halogens is 2. The number of anilines is 1. The summed E-state index contributed by atoms with van der Waals surface area (Å²) in [5.74, 6) is -0.181. The highest BCUT2D eigenvalue weighted by atomic mass is 19.3. The smallest absolute Gasteiger partial charge is 0.414 e. The number of benzene rings is 2. The van der Waals surface area contributed by atoms with E-state index in [0.29, 0.717) is 19.3 Å². The number of nitrogens with zero attached hydrogens (tertiary/aromatic N) is 3. The van der Waals surface area contributed by atoms with Gasteiger partial charge in [0.25, 0.3) is 0 Å². The van der Waals surface area contributed by atoms with Crippen LogP contribution in [-0.2, 0) is 22.4 Å². The average Bonchev–Trinajstić information content (AvgIpc) is 3.27. The third-order valence-corrected chi connectivity index (χ3v) is 7.82. The van der Waals surface area contributed by atoms with E-state index in [-0.39, 0.29) is 23.8 Å². The predicted octanol–water partition coefficient (Wildman–Crippen LogP) is 5.95. The molecule has 8 nitrogen and oxygen atoms in total. The largest absolute Gasteiger partial charge is 0.481 e. The fourth-order valence-electron chi connectivity index (χ4n) is 5.91.